The minimum absolute atomic E-state index is 0.169. The topological polar surface area (TPSA) is 38.7 Å². The summed E-state index contributed by atoms with van der Waals surface area (Å²) in [6, 6.07) is 10.4. The van der Waals surface area contributed by atoms with Gasteiger partial charge in [-0.1, -0.05) is 0 Å². The highest BCUT2D eigenvalue weighted by molar-refractivity contribution is 7.80. The first-order valence-corrected chi connectivity index (χ1v) is 7.99. The number of rotatable bonds is 2. The SMILES string of the molecule is Oc1ccc(N2CCN(C(=S)Nc3ccc(F)cc3F)CC2)cc1. The van der Waals surface area contributed by atoms with Crippen LogP contribution in [0.3, 0.4) is 0 Å². The monoisotopic (exact) mass is 349 g/mol. The number of anilines is 2. The van der Waals surface area contributed by atoms with Gasteiger partial charge in [-0.2, -0.15) is 0 Å². The molecule has 0 radical (unpaired) electrons. The first-order valence-electron chi connectivity index (χ1n) is 7.58. The van der Waals surface area contributed by atoms with Crippen LogP contribution in [0.25, 0.3) is 0 Å². The molecule has 0 unspecified atom stereocenters. The Morgan fingerprint density at radius 3 is 2.29 bits per heavy atom. The number of aromatic hydroxyl groups is 1. The van der Waals surface area contributed by atoms with E-state index in [1.54, 1.807) is 12.1 Å². The summed E-state index contributed by atoms with van der Waals surface area (Å²) in [5, 5.41) is 12.6. The average Bonchev–Trinajstić information content (AvgIpc) is 2.58. The van der Waals surface area contributed by atoms with Crippen molar-refractivity contribution in [3.05, 3.63) is 54.1 Å². The molecule has 0 amide bonds. The summed E-state index contributed by atoms with van der Waals surface area (Å²) in [6.45, 7) is 2.90. The molecule has 0 spiro atoms. The number of phenols is 1. The normalized spacial score (nSPS) is 14.6. The van der Waals surface area contributed by atoms with Crippen LogP contribution in [0.2, 0.25) is 0 Å². The van der Waals surface area contributed by atoms with E-state index in [1.165, 1.54) is 12.1 Å². The van der Waals surface area contributed by atoms with Gasteiger partial charge in [-0.25, -0.2) is 8.78 Å². The number of thiocarbonyl (C=S) groups is 1. The van der Waals surface area contributed by atoms with Crippen molar-refractivity contribution < 1.29 is 13.9 Å². The number of halogens is 2. The lowest BCUT2D eigenvalue weighted by Gasteiger charge is -2.37. The van der Waals surface area contributed by atoms with Gasteiger partial charge in [-0.15, -0.1) is 0 Å². The van der Waals surface area contributed by atoms with Crippen LogP contribution >= 0.6 is 12.2 Å². The van der Waals surface area contributed by atoms with E-state index in [4.69, 9.17) is 12.2 Å². The second-order valence-electron chi connectivity index (χ2n) is 5.54. The lowest BCUT2D eigenvalue weighted by Crippen LogP contribution is -2.50. The second-order valence-corrected chi connectivity index (χ2v) is 5.93. The Kier molecular flexibility index (Phi) is 4.80. The van der Waals surface area contributed by atoms with Gasteiger partial charge in [0.05, 0.1) is 5.69 Å². The number of phenolic OH excluding ortho intramolecular Hbond substituents is 1. The van der Waals surface area contributed by atoms with Crippen LogP contribution in [0, 0.1) is 11.6 Å². The maximum Gasteiger partial charge on any atom is 0.173 e. The van der Waals surface area contributed by atoms with Crippen molar-refractivity contribution in [3.63, 3.8) is 0 Å². The number of nitrogens with one attached hydrogen (secondary N) is 1. The summed E-state index contributed by atoms with van der Waals surface area (Å²) in [5.74, 6) is -1.05. The molecule has 4 nitrogen and oxygen atoms in total. The lowest BCUT2D eigenvalue weighted by molar-refractivity contribution is 0.390. The zero-order chi connectivity index (χ0) is 17.1. The molecule has 3 rings (SSSR count). The molecule has 1 aliphatic heterocycles. The van der Waals surface area contributed by atoms with Gasteiger partial charge in [0.15, 0.2) is 5.11 Å². The van der Waals surface area contributed by atoms with Gasteiger partial charge in [0, 0.05) is 37.9 Å². The molecule has 0 atom stereocenters. The van der Waals surface area contributed by atoms with E-state index < -0.39 is 11.6 Å². The number of benzene rings is 2. The fourth-order valence-corrected chi connectivity index (χ4v) is 2.91. The number of nitrogens with zero attached hydrogens (tertiary/aromatic N) is 2. The molecule has 2 N–H and O–H groups in total. The minimum atomic E-state index is -0.667. The van der Waals surface area contributed by atoms with Crippen LogP contribution < -0.4 is 10.2 Å². The van der Waals surface area contributed by atoms with E-state index in [0.717, 1.165) is 24.8 Å². The van der Waals surface area contributed by atoms with Crippen molar-refractivity contribution in [3.8, 4) is 5.75 Å². The Morgan fingerprint density at radius 1 is 1.00 bits per heavy atom. The number of hydrogen-bond acceptors (Lipinski definition) is 3. The van der Waals surface area contributed by atoms with Gasteiger partial charge in [0.1, 0.15) is 17.4 Å². The predicted molar refractivity (Wildman–Crippen MR) is 94.5 cm³/mol. The van der Waals surface area contributed by atoms with Gasteiger partial charge >= 0.3 is 0 Å². The predicted octanol–water partition coefficient (Wildman–Crippen LogP) is 3.19. The summed E-state index contributed by atoms with van der Waals surface area (Å²) in [4.78, 5) is 4.14. The second kappa shape index (κ2) is 7.00. The quantitative estimate of drug-likeness (QED) is 0.815. The zero-order valence-corrected chi connectivity index (χ0v) is 13.7. The van der Waals surface area contributed by atoms with Crippen molar-refractivity contribution in [1.82, 2.24) is 4.90 Å². The molecule has 2 aromatic carbocycles. The van der Waals surface area contributed by atoms with Crippen molar-refractivity contribution in [1.29, 1.82) is 0 Å². The molecule has 24 heavy (non-hydrogen) atoms. The molecule has 7 heteroatoms. The first-order chi connectivity index (χ1) is 11.5. The number of piperazine rings is 1. The van der Waals surface area contributed by atoms with Crippen molar-refractivity contribution >= 4 is 28.7 Å². The minimum Gasteiger partial charge on any atom is -0.508 e. The first kappa shape index (κ1) is 16.4. The summed E-state index contributed by atoms with van der Waals surface area (Å²) in [6.07, 6.45) is 0. The Balaban J connectivity index is 1.58. The Labute approximate surface area is 144 Å². The molecule has 0 aromatic heterocycles. The molecule has 1 saturated heterocycles. The fourth-order valence-electron chi connectivity index (χ4n) is 2.62. The maximum absolute atomic E-state index is 13.7. The van der Waals surface area contributed by atoms with E-state index in [-0.39, 0.29) is 11.4 Å². The van der Waals surface area contributed by atoms with Gasteiger partial charge < -0.3 is 20.2 Å². The average molecular weight is 349 g/mol. The van der Waals surface area contributed by atoms with E-state index in [9.17, 15) is 13.9 Å². The van der Waals surface area contributed by atoms with Crippen molar-refractivity contribution in [2.75, 3.05) is 36.4 Å². The molecule has 0 saturated carbocycles. The van der Waals surface area contributed by atoms with E-state index in [2.05, 4.69) is 10.2 Å². The molecular weight excluding hydrogens is 332 g/mol. The Bertz CT molecular complexity index is 731. The summed E-state index contributed by atoms with van der Waals surface area (Å²) < 4.78 is 26.6. The van der Waals surface area contributed by atoms with Gasteiger partial charge in [0.2, 0.25) is 0 Å². The number of hydrogen-bond donors (Lipinski definition) is 2. The third-order valence-corrected chi connectivity index (χ3v) is 4.31. The molecule has 1 aliphatic rings. The van der Waals surface area contributed by atoms with Gasteiger partial charge in [-0.3, -0.25) is 0 Å². The summed E-state index contributed by atoms with van der Waals surface area (Å²) in [7, 11) is 0. The van der Waals surface area contributed by atoms with Crippen molar-refractivity contribution in [2.24, 2.45) is 0 Å². The summed E-state index contributed by atoms with van der Waals surface area (Å²) >= 11 is 5.32. The van der Waals surface area contributed by atoms with Crippen LogP contribution in [-0.2, 0) is 0 Å². The van der Waals surface area contributed by atoms with Crippen LogP contribution in [0.15, 0.2) is 42.5 Å². The standard InChI is InChI=1S/C17H17F2N3OS/c18-12-1-6-16(15(19)11-12)20-17(24)22-9-7-21(8-10-22)13-2-4-14(23)5-3-13/h1-6,11,23H,7-10H2,(H,20,24). The van der Waals surface area contributed by atoms with Crippen LogP contribution in [0.5, 0.6) is 5.75 Å². The van der Waals surface area contributed by atoms with E-state index in [1.807, 2.05) is 17.0 Å². The van der Waals surface area contributed by atoms with E-state index in [0.29, 0.717) is 18.2 Å². The third kappa shape index (κ3) is 3.73. The molecule has 1 fully saturated rings. The molecule has 2 aromatic rings. The van der Waals surface area contributed by atoms with Crippen molar-refractivity contribution in [2.45, 2.75) is 0 Å². The largest absolute Gasteiger partial charge is 0.508 e. The van der Waals surface area contributed by atoms with E-state index >= 15 is 0 Å². The fraction of sp³-hybridized carbons (Fsp3) is 0.235. The molecule has 126 valence electrons. The van der Waals surface area contributed by atoms with Gasteiger partial charge in [-0.05, 0) is 48.6 Å². The van der Waals surface area contributed by atoms with Crippen LogP contribution in [-0.4, -0.2) is 41.3 Å². The molecule has 1 heterocycles. The Hall–Kier alpha value is -2.41. The van der Waals surface area contributed by atoms with Crippen LogP contribution in [0.1, 0.15) is 0 Å². The summed E-state index contributed by atoms with van der Waals surface area (Å²) in [5.41, 5.74) is 1.21. The molecule has 0 bridgehead atoms. The molecular formula is C17H17F2N3OS. The highest BCUT2D eigenvalue weighted by atomic mass is 32.1. The lowest BCUT2D eigenvalue weighted by atomic mass is 10.2. The highest BCUT2D eigenvalue weighted by Gasteiger charge is 2.20. The third-order valence-electron chi connectivity index (χ3n) is 3.95. The zero-order valence-electron chi connectivity index (χ0n) is 12.9. The molecule has 0 aliphatic carbocycles. The highest BCUT2D eigenvalue weighted by Crippen LogP contribution is 2.20. The van der Waals surface area contributed by atoms with Crippen LogP contribution in [0.4, 0.5) is 20.2 Å². The Morgan fingerprint density at radius 2 is 1.67 bits per heavy atom. The van der Waals surface area contributed by atoms with Gasteiger partial charge in [0.25, 0.3) is 0 Å². The smallest absolute Gasteiger partial charge is 0.173 e. The maximum atomic E-state index is 13.7.